The molecule has 0 aromatic rings. The summed E-state index contributed by atoms with van der Waals surface area (Å²) in [5, 5.41) is 0. The van der Waals surface area contributed by atoms with Crippen molar-refractivity contribution in [2.75, 3.05) is 53.4 Å². The van der Waals surface area contributed by atoms with E-state index in [-0.39, 0.29) is 13.2 Å². The topological polar surface area (TPSA) is 54.0 Å². The summed E-state index contributed by atoms with van der Waals surface area (Å²) in [6, 6.07) is 0. The van der Waals surface area contributed by atoms with Gasteiger partial charge >= 0.3 is 5.97 Å². The van der Waals surface area contributed by atoms with Gasteiger partial charge in [0.05, 0.1) is 40.1 Å². The third-order valence-electron chi connectivity index (χ3n) is 1.41. The van der Waals surface area contributed by atoms with Gasteiger partial charge in [0.1, 0.15) is 13.3 Å². The number of hydrogen-bond acceptors (Lipinski definition) is 5. The number of ether oxygens (including phenoxy) is 4. The van der Waals surface area contributed by atoms with E-state index in [0.717, 1.165) is 0 Å². The highest BCUT2D eigenvalue weighted by atomic mass is 19.1. The molecule has 0 aliphatic rings. The van der Waals surface area contributed by atoms with Gasteiger partial charge < -0.3 is 18.9 Å². The lowest BCUT2D eigenvalue weighted by Crippen LogP contribution is -2.14. The van der Waals surface area contributed by atoms with Crippen LogP contribution in [0, 0.1) is 0 Å². The van der Waals surface area contributed by atoms with E-state index in [1.165, 1.54) is 7.11 Å². The van der Waals surface area contributed by atoms with E-state index in [9.17, 15) is 9.18 Å². The first-order valence-corrected chi connectivity index (χ1v) is 4.67. The molecule has 0 aromatic heterocycles. The van der Waals surface area contributed by atoms with Crippen LogP contribution >= 0.6 is 0 Å². The third-order valence-corrected chi connectivity index (χ3v) is 1.41. The minimum atomic E-state index is -0.484. The highest BCUT2D eigenvalue weighted by Crippen LogP contribution is 1.82. The SMILES string of the molecule is COC(=O)COCCOCCOCCF. The predicted molar refractivity (Wildman–Crippen MR) is 50.4 cm³/mol. The standard InChI is InChI=1S/C9H17FO5/c1-12-9(11)8-15-7-6-14-5-4-13-3-2-10/h2-8H2,1H3. The number of esters is 1. The fourth-order valence-corrected chi connectivity index (χ4v) is 0.709. The van der Waals surface area contributed by atoms with Crippen LogP contribution in [0.25, 0.3) is 0 Å². The van der Waals surface area contributed by atoms with Crippen molar-refractivity contribution in [2.24, 2.45) is 0 Å². The van der Waals surface area contributed by atoms with E-state index < -0.39 is 12.6 Å². The molecule has 0 heterocycles. The van der Waals surface area contributed by atoms with Crippen LogP contribution in [0.1, 0.15) is 0 Å². The quantitative estimate of drug-likeness (QED) is 0.391. The van der Waals surface area contributed by atoms with Crippen LogP contribution in [-0.4, -0.2) is 59.4 Å². The van der Waals surface area contributed by atoms with Crippen molar-refractivity contribution in [2.45, 2.75) is 0 Å². The second-order valence-electron chi connectivity index (χ2n) is 2.54. The monoisotopic (exact) mass is 224 g/mol. The summed E-state index contributed by atoms with van der Waals surface area (Å²) >= 11 is 0. The van der Waals surface area contributed by atoms with E-state index in [0.29, 0.717) is 26.4 Å². The lowest BCUT2D eigenvalue weighted by Gasteiger charge is -2.05. The van der Waals surface area contributed by atoms with Gasteiger partial charge in [0, 0.05) is 0 Å². The summed E-state index contributed by atoms with van der Waals surface area (Å²) < 4.78 is 30.7. The van der Waals surface area contributed by atoms with Crippen LogP contribution < -0.4 is 0 Å². The molecule has 0 aromatic carbocycles. The molecule has 0 fully saturated rings. The molecule has 90 valence electrons. The molecule has 0 radical (unpaired) electrons. The van der Waals surface area contributed by atoms with Crippen LogP contribution in [-0.2, 0) is 23.7 Å². The van der Waals surface area contributed by atoms with Gasteiger partial charge in [0.25, 0.3) is 0 Å². The van der Waals surface area contributed by atoms with Crippen LogP contribution in [0.15, 0.2) is 0 Å². The van der Waals surface area contributed by atoms with Gasteiger partial charge in [0.2, 0.25) is 0 Å². The van der Waals surface area contributed by atoms with Crippen molar-refractivity contribution < 1.29 is 28.1 Å². The molecule has 0 amide bonds. The van der Waals surface area contributed by atoms with Crippen LogP contribution in [0.4, 0.5) is 4.39 Å². The number of halogens is 1. The highest BCUT2D eigenvalue weighted by molar-refractivity contribution is 5.70. The number of alkyl halides is 1. The summed E-state index contributed by atoms with van der Waals surface area (Å²) in [5.41, 5.74) is 0. The summed E-state index contributed by atoms with van der Waals surface area (Å²) in [6.07, 6.45) is 0. The molecule has 0 unspecified atom stereocenters. The Hall–Kier alpha value is -0.720. The Morgan fingerprint density at radius 3 is 2.07 bits per heavy atom. The summed E-state index contributed by atoms with van der Waals surface area (Å²) in [5.74, 6) is -0.415. The van der Waals surface area contributed by atoms with Gasteiger partial charge in [-0.1, -0.05) is 0 Å². The molecule has 0 N–H and O–H groups in total. The predicted octanol–water partition coefficient (Wildman–Crippen LogP) is 0.179. The molecule has 0 spiro atoms. The molecule has 0 atom stereocenters. The molecule has 0 saturated carbocycles. The van der Waals surface area contributed by atoms with Gasteiger partial charge in [-0.3, -0.25) is 0 Å². The van der Waals surface area contributed by atoms with Gasteiger partial charge in [-0.2, -0.15) is 0 Å². The fourth-order valence-electron chi connectivity index (χ4n) is 0.709. The highest BCUT2D eigenvalue weighted by Gasteiger charge is 1.98. The van der Waals surface area contributed by atoms with E-state index in [1.807, 2.05) is 0 Å². The average Bonchev–Trinajstić information content (AvgIpc) is 2.26. The maximum absolute atomic E-state index is 11.5. The first-order chi connectivity index (χ1) is 7.31. The average molecular weight is 224 g/mol. The first-order valence-electron chi connectivity index (χ1n) is 4.67. The van der Waals surface area contributed by atoms with E-state index >= 15 is 0 Å². The first kappa shape index (κ1) is 14.3. The third kappa shape index (κ3) is 11.2. The molecule has 0 aliphatic heterocycles. The molecule has 15 heavy (non-hydrogen) atoms. The van der Waals surface area contributed by atoms with E-state index in [2.05, 4.69) is 4.74 Å². The zero-order valence-corrected chi connectivity index (χ0v) is 8.87. The number of carbonyl (C=O) groups excluding carboxylic acids is 1. The molecule has 5 nitrogen and oxygen atoms in total. The van der Waals surface area contributed by atoms with Crippen molar-refractivity contribution in [3.63, 3.8) is 0 Å². The van der Waals surface area contributed by atoms with Crippen LogP contribution in [0.3, 0.4) is 0 Å². The Morgan fingerprint density at radius 1 is 1.00 bits per heavy atom. The zero-order valence-electron chi connectivity index (χ0n) is 8.87. The number of methoxy groups -OCH3 is 1. The smallest absolute Gasteiger partial charge is 0.331 e. The Bertz CT molecular complexity index is 153. The van der Waals surface area contributed by atoms with Crippen LogP contribution in [0.5, 0.6) is 0 Å². The second-order valence-corrected chi connectivity index (χ2v) is 2.54. The minimum Gasteiger partial charge on any atom is -0.467 e. The largest absolute Gasteiger partial charge is 0.467 e. The maximum atomic E-state index is 11.5. The normalized spacial score (nSPS) is 10.3. The summed E-state index contributed by atoms with van der Waals surface area (Å²) in [4.78, 5) is 10.6. The van der Waals surface area contributed by atoms with Gasteiger partial charge in [-0.05, 0) is 0 Å². The van der Waals surface area contributed by atoms with Crippen LogP contribution in [0.2, 0.25) is 0 Å². The lowest BCUT2D eigenvalue weighted by molar-refractivity contribution is -0.146. The number of hydrogen-bond donors (Lipinski definition) is 0. The Morgan fingerprint density at radius 2 is 1.53 bits per heavy atom. The number of rotatable bonds is 10. The molecular formula is C9H17FO5. The molecule has 0 aliphatic carbocycles. The van der Waals surface area contributed by atoms with Crippen molar-refractivity contribution in [1.29, 1.82) is 0 Å². The molecular weight excluding hydrogens is 207 g/mol. The Balaban J connectivity index is 2.95. The number of carbonyl (C=O) groups is 1. The Labute approximate surface area is 88.4 Å². The van der Waals surface area contributed by atoms with Crippen molar-refractivity contribution in [3.05, 3.63) is 0 Å². The minimum absolute atomic E-state index is 0.0712. The molecule has 0 bridgehead atoms. The van der Waals surface area contributed by atoms with Crippen molar-refractivity contribution >= 4 is 5.97 Å². The maximum Gasteiger partial charge on any atom is 0.331 e. The zero-order chi connectivity index (χ0) is 11.4. The Kier molecular flexibility index (Phi) is 10.8. The second kappa shape index (κ2) is 11.4. The lowest BCUT2D eigenvalue weighted by atomic mass is 10.7. The van der Waals surface area contributed by atoms with Gasteiger partial charge in [-0.25, -0.2) is 9.18 Å². The van der Waals surface area contributed by atoms with E-state index in [1.54, 1.807) is 0 Å². The molecule has 6 heteroatoms. The molecule has 0 rings (SSSR count). The summed E-state index contributed by atoms with van der Waals surface area (Å²) in [7, 11) is 1.30. The summed E-state index contributed by atoms with van der Waals surface area (Å²) in [6.45, 7) is 0.985. The fraction of sp³-hybridized carbons (Fsp3) is 0.889. The van der Waals surface area contributed by atoms with E-state index in [4.69, 9.17) is 14.2 Å². The van der Waals surface area contributed by atoms with Crippen molar-refractivity contribution in [1.82, 2.24) is 0 Å². The molecule has 0 saturated heterocycles. The van der Waals surface area contributed by atoms with Gasteiger partial charge in [-0.15, -0.1) is 0 Å². The van der Waals surface area contributed by atoms with Crippen molar-refractivity contribution in [3.8, 4) is 0 Å². The van der Waals surface area contributed by atoms with Gasteiger partial charge in [0.15, 0.2) is 0 Å².